The molecule has 2 aromatic carbocycles. The molecule has 1 atom stereocenters. The zero-order chi connectivity index (χ0) is 22.8. The smallest absolute Gasteiger partial charge is 0.307 e. The molecule has 0 spiro atoms. The molecule has 2 aromatic rings. The number of aromatic hydroxyl groups is 1. The minimum absolute atomic E-state index is 0.0217. The second-order valence-electron chi connectivity index (χ2n) is 8.07. The lowest BCUT2D eigenvalue weighted by molar-refractivity contribution is -0.155. The Kier molecular flexibility index (Phi) is 6.38. The molecule has 1 aliphatic rings. The van der Waals surface area contributed by atoms with E-state index in [1.54, 1.807) is 39.0 Å². The fraction of sp³-hybridized carbons (Fsp3) is 0.435. The first-order valence-corrected chi connectivity index (χ1v) is 9.81. The summed E-state index contributed by atoms with van der Waals surface area (Å²) in [6.07, 6.45) is -0.0247. The summed E-state index contributed by atoms with van der Waals surface area (Å²) < 4.78 is 32.7. The molecule has 0 saturated carbocycles. The molecule has 0 amide bonds. The molecule has 1 N–H and O–H groups in total. The number of rotatable bonds is 7. The minimum atomic E-state index is -0.645. The first-order valence-electron chi connectivity index (χ1n) is 9.81. The van der Waals surface area contributed by atoms with Crippen molar-refractivity contribution in [3.8, 4) is 34.5 Å². The van der Waals surface area contributed by atoms with Gasteiger partial charge in [0.1, 0.15) is 11.4 Å². The van der Waals surface area contributed by atoms with Crippen LogP contribution >= 0.6 is 0 Å². The third-order valence-electron chi connectivity index (χ3n) is 4.78. The van der Waals surface area contributed by atoms with E-state index in [0.717, 1.165) is 0 Å². The van der Waals surface area contributed by atoms with Crippen LogP contribution in [0.15, 0.2) is 24.3 Å². The standard InChI is InChI=1S/C23H28O8/c1-23(2,3)31-21(25)10-14(15-9-17-18(11-16(15)24)30-12-29-17)13-7-19(26-4)22(28-6)20(8-13)27-5/h7-9,11,14,24H,10,12H2,1-6H3/t14-/m1/s1. The van der Waals surface area contributed by atoms with Gasteiger partial charge < -0.3 is 33.5 Å². The zero-order valence-electron chi connectivity index (χ0n) is 18.6. The van der Waals surface area contributed by atoms with E-state index in [-0.39, 0.29) is 19.0 Å². The topological polar surface area (TPSA) is 92.7 Å². The van der Waals surface area contributed by atoms with Crippen LogP contribution in [0, 0.1) is 0 Å². The van der Waals surface area contributed by atoms with Crippen molar-refractivity contribution >= 4 is 5.97 Å². The molecule has 3 rings (SSSR count). The van der Waals surface area contributed by atoms with E-state index in [4.69, 9.17) is 28.4 Å². The number of phenols is 1. The molecule has 0 aliphatic carbocycles. The van der Waals surface area contributed by atoms with Gasteiger partial charge in [-0.1, -0.05) is 0 Å². The largest absolute Gasteiger partial charge is 0.508 e. The van der Waals surface area contributed by atoms with Crippen LogP contribution in [-0.2, 0) is 9.53 Å². The van der Waals surface area contributed by atoms with E-state index in [2.05, 4.69) is 0 Å². The Balaban J connectivity index is 2.12. The maximum atomic E-state index is 12.7. The van der Waals surface area contributed by atoms with Crippen molar-refractivity contribution in [2.24, 2.45) is 0 Å². The van der Waals surface area contributed by atoms with Gasteiger partial charge in [0.2, 0.25) is 12.5 Å². The summed E-state index contributed by atoms with van der Waals surface area (Å²) in [5.74, 6) is 1.24. The van der Waals surface area contributed by atoms with Gasteiger partial charge in [-0.05, 0) is 44.5 Å². The molecule has 1 heterocycles. The van der Waals surface area contributed by atoms with Crippen molar-refractivity contribution in [1.82, 2.24) is 0 Å². The summed E-state index contributed by atoms with van der Waals surface area (Å²) >= 11 is 0. The Morgan fingerprint density at radius 3 is 2.10 bits per heavy atom. The Bertz CT molecular complexity index is 936. The number of hydrogen-bond acceptors (Lipinski definition) is 8. The number of methoxy groups -OCH3 is 3. The Morgan fingerprint density at radius 1 is 1.00 bits per heavy atom. The molecule has 8 heteroatoms. The molecule has 0 bridgehead atoms. The molecule has 0 aromatic heterocycles. The maximum Gasteiger partial charge on any atom is 0.307 e. The zero-order valence-corrected chi connectivity index (χ0v) is 18.6. The number of hydrogen-bond donors (Lipinski definition) is 1. The van der Waals surface area contributed by atoms with Crippen LogP contribution in [0.25, 0.3) is 0 Å². The van der Waals surface area contributed by atoms with Gasteiger partial charge in [0.05, 0.1) is 27.8 Å². The Labute approximate surface area is 181 Å². The van der Waals surface area contributed by atoms with Crippen LogP contribution in [0.3, 0.4) is 0 Å². The number of carbonyl (C=O) groups excluding carboxylic acids is 1. The lowest BCUT2D eigenvalue weighted by Gasteiger charge is -2.24. The molecular formula is C23H28O8. The Morgan fingerprint density at radius 2 is 1.58 bits per heavy atom. The summed E-state index contributed by atoms with van der Waals surface area (Å²) in [6.45, 7) is 5.48. The normalized spacial score (nSPS) is 13.5. The van der Waals surface area contributed by atoms with Gasteiger partial charge >= 0.3 is 5.97 Å². The predicted molar refractivity (Wildman–Crippen MR) is 113 cm³/mol. The highest BCUT2D eigenvalue weighted by atomic mass is 16.7. The molecule has 31 heavy (non-hydrogen) atoms. The molecule has 1 aliphatic heterocycles. The summed E-state index contributed by atoms with van der Waals surface area (Å²) in [4.78, 5) is 12.7. The summed E-state index contributed by atoms with van der Waals surface area (Å²) in [5, 5.41) is 10.7. The SMILES string of the molecule is COc1cc([C@@H](CC(=O)OC(C)(C)C)c2cc3c(cc2O)OCO3)cc(OC)c1OC. The maximum absolute atomic E-state index is 12.7. The van der Waals surface area contributed by atoms with Crippen LogP contribution < -0.4 is 23.7 Å². The predicted octanol–water partition coefficient (Wildman–Crippen LogP) is 4.01. The highest BCUT2D eigenvalue weighted by Crippen LogP contribution is 2.46. The number of ether oxygens (including phenoxy) is 6. The van der Waals surface area contributed by atoms with E-state index >= 15 is 0 Å². The monoisotopic (exact) mass is 432 g/mol. The molecule has 8 nitrogen and oxygen atoms in total. The first kappa shape index (κ1) is 22.4. The average Bonchev–Trinajstić information content (AvgIpc) is 3.16. The van der Waals surface area contributed by atoms with Crippen molar-refractivity contribution < 1.29 is 38.3 Å². The second kappa shape index (κ2) is 8.83. The summed E-state index contributed by atoms with van der Waals surface area (Å²) in [5.41, 5.74) is 0.521. The fourth-order valence-electron chi connectivity index (χ4n) is 3.49. The van der Waals surface area contributed by atoms with Gasteiger partial charge in [0, 0.05) is 17.5 Å². The average molecular weight is 432 g/mol. The number of carbonyl (C=O) groups is 1. The number of fused-ring (bicyclic) bond motifs is 1. The lowest BCUT2D eigenvalue weighted by Crippen LogP contribution is -2.25. The van der Waals surface area contributed by atoms with E-state index in [0.29, 0.717) is 39.9 Å². The highest BCUT2D eigenvalue weighted by Gasteiger charge is 2.29. The van der Waals surface area contributed by atoms with Crippen LogP contribution in [0.4, 0.5) is 0 Å². The molecule has 0 unspecified atom stereocenters. The molecular weight excluding hydrogens is 404 g/mol. The van der Waals surface area contributed by atoms with Gasteiger partial charge in [-0.3, -0.25) is 4.79 Å². The van der Waals surface area contributed by atoms with Crippen LogP contribution in [0.1, 0.15) is 44.2 Å². The van der Waals surface area contributed by atoms with Crippen molar-refractivity contribution in [1.29, 1.82) is 0 Å². The molecule has 0 saturated heterocycles. The van der Waals surface area contributed by atoms with Gasteiger partial charge in [0.15, 0.2) is 23.0 Å². The number of benzene rings is 2. The highest BCUT2D eigenvalue weighted by molar-refractivity contribution is 5.73. The summed E-state index contributed by atoms with van der Waals surface area (Å²) in [6, 6.07) is 6.66. The summed E-state index contributed by atoms with van der Waals surface area (Å²) in [7, 11) is 4.55. The van der Waals surface area contributed by atoms with Crippen molar-refractivity contribution in [3.05, 3.63) is 35.4 Å². The van der Waals surface area contributed by atoms with E-state index in [1.807, 2.05) is 0 Å². The second-order valence-corrected chi connectivity index (χ2v) is 8.07. The number of esters is 1. The van der Waals surface area contributed by atoms with Crippen molar-refractivity contribution in [2.75, 3.05) is 28.1 Å². The quantitative estimate of drug-likeness (QED) is 0.656. The van der Waals surface area contributed by atoms with Crippen molar-refractivity contribution in [3.63, 3.8) is 0 Å². The van der Waals surface area contributed by atoms with Gasteiger partial charge in [0.25, 0.3) is 0 Å². The van der Waals surface area contributed by atoms with Crippen molar-refractivity contribution in [2.45, 2.75) is 38.7 Å². The van der Waals surface area contributed by atoms with E-state index in [1.165, 1.54) is 27.4 Å². The Hall–Kier alpha value is -3.29. The van der Waals surface area contributed by atoms with E-state index in [9.17, 15) is 9.90 Å². The van der Waals surface area contributed by atoms with Crippen LogP contribution in [-0.4, -0.2) is 44.8 Å². The molecule has 168 valence electrons. The fourth-order valence-corrected chi connectivity index (χ4v) is 3.49. The third kappa shape index (κ3) is 4.90. The van der Waals surface area contributed by atoms with Gasteiger partial charge in [-0.2, -0.15) is 0 Å². The lowest BCUT2D eigenvalue weighted by atomic mass is 9.87. The number of phenolic OH excluding ortho intramolecular Hbond substituents is 1. The van der Waals surface area contributed by atoms with Crippen LogP contribution in [0.5, 0.6) is 34.5 Å². The van der Waals surface area contributed by atoms with Crippen LogP contribution in [0.2, 0.25) is 0 Å². The van der Waals surface area contributed by atoms with Gasteiger partial charge in [-0.25, -0.2) is 0 Å². The third-order valence-corrected chi connectivity index (χ3v) is 4.78. The minimum Gasteiger partial charge on any atom is -0.508 e. The van der Waals surface area contributed by atoms with Gasteiger partial charge in [-0.15, -0.1) is 0 Å². The first-order chi connectivity index (χ1) is 14.7. The van der Waals surface area contributed by atoms with E-state index < -0.39 is 17.5 Å². The molecule has 0 radical (unpaired) electrons. The molecule has 0 fully saturated rings.